The Labute approximate surface area is 112 Å². The van der Waals surface area contributed by atoms with E-state index in [4.69, 9.17) is 0 Å². The van der Waals surface area contributed by atoms with Crippen molar-refractivity contribution in [1.29, 1.82) is 0 Å². The minimum atomic E-state index is 0.329. The Morgan fingerprint density at radius 1 is 0.947 bits per heavy atom. The van der Waals surface area contributed by atoms with E-state index in [1.165, 1.54) is 27.9 Å². The van der Waals surface area contributed by atoms with Gasteiger partial charge in [-0.05, 0) is 18.6 Å². The minimum Gasteiger partial charge on any atom is -0.0617 e. The van der Waals surface area contributed by atoms with Gasteiger partial charge in [-0.15, -0.1) is 0 Å². The molecule has 2 aliphatic heterocycles. The van der Waals surface area contributed by atoms with Crippen LogP contribution in [0.15, 0.2) is 54.7 Å². The number of nitrogens with zero attached hydrogens (tertiary/aromatic N) is 2. The van der Waals surface area contributed by atoms with Gasteiger partial charge in [-0.3, -0.25) is 0 Å². The molecule has 1 unspecified atom stereocenters. The monoisotopic (exact) mass is 248 g/mol. The predicted molar refractivity (Wildman–Crippen MR) is 74.6 cm³/mol. The molecule has 2 aliphatic rings. The second-order valence-electron chi connectivity index (χ2n) is 5.26. The van der Waals surface area contributed by atoms with Gasteiger partial charge in [0.25, 0.3) is 11.7 Å². The Bertz CT molecular complexity index is 754. The molecule has 2 heteroatoms. The molecule has 0 fully saturated rings. The first-order chi connectivity index (χ1) is 9.27. The number of hydrogen-bond donors (Lipinski definition) is 0. The van der Waals surface area contributed by atoms with Gasteiger partial charge in [0, 0.05) is 20.5 Å². The fourth-order valence-electron chi connectivity index (χ4n) is 3.27. The third-order valence-electron chi connectivity index (χ3n) is 4.12. The van der Waals surface area contributed by atoms with Crippen molar-refractivity contribution in [1.82, 2.24) is 0 Å². The van der Waals surface area contributed by atoms with Crippen LogP contribution in [0.25, 0.3) is 11.1 Å². The van der Waals surface area contributed by atoms with Gasteiger partial charge in [-0.1, -0.05) is 36.4 Å². The maximum absolute atomic E-state index is 2.38. The topological polar surface area (TPSA) is 6.02 Å². The molecule has 0 aromatic heterocycles. The maximum Gasteiger partial charge on any atom is 0.281 e. The van der Waals surface area contributed by atoms with Gasteiger partial charge in [0.2, 0.25) is 13.2 Å². The van der Waals surface area contributed by atoms with Crippen LogP contribution in [-0.4, -0.2) is 16.4 Å². The van der Waals surface area contributed by atoms with Gasteiger partial charge < -0.3 is 0 Å². The summed E-state index contributed by atoms with van der Waals surface area (Å²) in [6.45, 7) is 2.19. The van der Waals surface area contributed by atoms with E-state index < -0.39 is 0 Å². The van der Waals surface area contributed by atoms with E-state index in [0.717, 1.165) is 0 Å². The quantitative estimate of drug-likeness (QED) is 0.622. The fraction of sp³-hybridized carbons (Fsp3) is 0.176. The zero-order valence-corrected chi connectivity index (χ0v) is 11.2. The van der Waals surface area contributed by atoms with Crippen LogP contribution < -0.4 is 0 Å². The molecule has 0 saturated carbocycles. The number of benzene rings is 2. The zero-order chi connectivity index (χ0) is 13.0. The van der Waals surface area contributed by atoms with Crippen molar-refractivity contribution >= 4 is 5.69 Å². The Morgan fingerprint density at radius 3 is 2.63 bits per heavy atom. The SMILES string of the molecule is Cc1cccc2c1[N+]1=[N+](C)C=CC1c1ccccc1-2. The Kier molecular flexibility index (Phi) is 2.05. The third kappa shape index (κ3) is 1.31. The number of hydrogen-bond acceptors (Lipinski definition) is 0. The molecule has 1 atom stereocenters. The molecule has 0 amide bonds. The lowest BCUT2D eigenvalue weighted by molar-refractivity contribution is -0.954. The van der Waals surface area contributed by atoms with Crippen LogP contribution in [0, 0.1) is 6.92 Å². The lowest BCUT2D eigenvalue weighted by atomic mass is 9.88. The van der Waals surface area contributed by atoms with Crippen molar-refractivity contribution in [2.45, 2.75) is 13.0 Å². The van der Waals surface area contributed by atoms with Crippen LogP contribution >= 0.6 is 0 Å². The Balaban J connectivity index is 2.16. The van der Waals surface area contributed by atoms with E-state index in [1.807, 2.05) is 0 Å². The van der Waals surface area contributed by atoms with Crippen LogP contribution in [0.1, 0.15) is 17.2 Å². The highest BCUT2D eigenvalue weighted by Gasteiger charge is 2.44. The predicted octanol–water partition coefficient (Wildman–Crippen LogP) is 3.98. The van der Waals surface area contributed by atoms with E-state index >= 15 is 0 Å². The number of aryl methyl sites for hydroxylation is 1. The molecule has 0 saturated heterocycles. The smallest absolute Gasteiger partial charge is 0.0617 e. The summed E-state index contributed by atoms with van der Waals surface area (Å²) in [5.74, 6) is 0. The van der Waals surface area contributed by atoms with Gasteiger partial charge in [0.15, 0.2) is 0 Å². The van der Waals surface area contributed by atoms with E-state index in [9.17, 15) is 0 Å². The standard InChI is InChI=1S/C17H16N2/c1-12-6-5-9-15-13-7-3-4-8-14(13)16-10-11-18(2)19(16)17(12)15/h3-11,16H,1-2H3/q+2. The Hall–Kier alpha value is -2.22. The minimum absolute atomic E-state index is 0.329. The zero-order valence-electron chi connectivity index (χ0n) is 11.2. The van der Waals surface area contributed by atoms with E-state index in [-0.39, 0.29) is 0 Å². The lowest BCUT2D eigenvalue weighted by Crippen LogP contribution is -2.21. The summed E-state index contributed by atoms with van der Waals surface area (Å²) in [5, 5.41) is 0. The van der Waals surface area contributed by atoms with Crippen molar-refractivity contribution in [3.8, 4) is 11.1 Å². The van der Waals surface area contributed by atoms with Gasteiger partial charge in [-0.25, -0.2) is 0 Å². The molecule has 0 N–H and O–H groups in total. The van der Waals surface area contributed by atoms with Gasteiger partial charge in [0.05, 0.1) is 11.6 Å². The van der Waals surface area contributed by atoms with Crippen LogP contribution in [0.5, 0.6) is 0 Å². The van der Waals surface area contributed by atoms with Crippen LogP contribution in [-0.2, 0) is 0 Å². The summed E-state index contributed by atoms with van der Waals surface area (Å²) in [6, 6.07) is 15.6. The first kappa shape index (κ1) is 10.7. The van der Waals surface area contributed by atoms with Crippen molar-refractivity contribution in [3.05, 3.63) is 65.9 Å². The van der Waals surface area contributed by atoms with Gasteiger partial charge in [0.1, 0.15) is 0 Å². The third-order valence-corrected chi connectivity index (χ3v) is 4.12. The van der Waals surface area contributed by atoms with E-state index in [1.54, 1.807) is 0 Å². The second kappa shape index (κ2) is 3.64. The molecule has 92 valence electrons. The van der Waals surface area contributed by atoms with Crippen LogP contribution in [0.2, 0.25) is 0 Å². The molecule has 19 heavy (non-hydrogen) atoms. The molecule has 2 heterocycles. The average Bonchev–Trinajstić information content (AvgIpc) is 2.82. The molecule has 2 nitrogen and oxygen atoms in total. The first-order valence-corrected chi connectivity index (χ1v) is 6.66. The maximum atomic E-state index is 2.38. The van der Waals surface area contributed by atoms with Crippen LogP contribution in [0.4, 0.5) is 5.69 Å². The van der Waals surface area contributed by atoms with Gasteiger partial charge >= 0.3 is 0 Å². The Morgan fingerprint density at radius 2 is 1.74 bits per heavy atom. The van der Waals surface area contributed by atoms with Crippen molar-refractivity contribution in [3.63, 3.8) is 0 Å². The first-order valence-electron chi connectivity index (χ1n) is 6.66. The fourth-order valence-corrected chi connectivity index (χ4v) is 3.27. The largest absolute Gasteiger partial charge is 0.281 e. The molecular formula is C17H16N2+2. The summed E-state index contributed by atoms with van der Waals surface area (Å²) >= 11 is 0. The lowest BCUT2D eigenvalue weighted by Gasteiger charge is -2.18. The summed E-state index contributed by atoms with van der Waals surface area (Å²) in [4.78, 5) is 0. The summed E-state index contributed by atoms with van der Waals surface area (Å²) in [6.07, 6.45) is 4.43. The molecule has 2 aromatic rings. The number of para-hydroxylation sites is 1. The summed E-state index contributed by atoms with van der Waals surface area (Å²) < 4.78 is 4.57. The van der Waals surface area contributed by atoms with Crippen molar-refractivity contribution in [2.75, 3.05) is 7.05 Å². The van der Waals surface area contributed by atoms with E-state index in [2.05, 4.69) is 78.1 Å². The second-order valence-corrected chi connectivity index (χ2v) is 5.26. The number of fused-ring (bicyclic) bond motifs is 6. The molecule has 2 aromatic carbocycles. The highest BCUT2D eigenvalue weighted by atomic mass is 15.4. The van der Waals surface area contributed by atoms with E-state index in [0.29, 0.717) is 6.04 Å². The average molecular weight is 248 g/mol. The molecule has 0 radical (unpaired) electrons. The molecule has 0 spiro atoms. The molecular weight excluding hydrogens is 232 g/mol. The highest BCUT2D eigenvalue weighted by molar-refractivity contribution is 5.79. The summed E-state index contributed by atoms with van der Waals surface area (Å²) in [5.41, 5.74) is 6.75. The van der Waals surface area contributed by atoms with Gasteiger partial charge in [-0.2, -0.15) is 0 Å². The normalized spacial score (nSPS) is 19.2. The summed E-state index contributed by atoms with van der Waals surface area (Å²) in [7, 11) is 2.11. The number of rotatable bonds is 0. The molecule has 4 rings (SSSR count). The molecule has 0 bridgehead atoms. The van der Waals surface area contributed by atoms with Crippen LogP contribution in [0.3, 0.4) is 0 Å². The van der Waals surface area contributed by atoms with Crippen molar-refractivity contribution < 1.29 is 9.39 Å². The molecule has 0 aliphatic carbocycles. The van der Waals surface area contributed by atoms with Crippen molar-refractivity contribution in [2.24, 2.45) is 0 Å². The number of azo groups is 4. The highest BCUT2D eigenvalue weighted by Crippen LogP contribution is 2.46.